The van der Waals surface area contributed by atoms with Gasteiger partial charge in [-0.3, -0.25) is 14.3 Å². The van der Waals surface area contributed by atoms with Gasteiger partial charge < -0.3 is 10.4 Å². The lowest BCUT2D eigenvalue weighted by Gasteiger charge is -2.14. The van der Waals surface area contributed by atoms with E-state index in [4.69, 9.17) is 11.6 Å². The Kier molecular flexibility index (Phi) is 6.96. The first kappa shape index (κ1) is 22.8. The fourth-order valence-electron chi connectivity index (χ4n) is 3.68. The molecule has 0 aliphatic rings. The molecule has 2 N–H and O–H groups in total. The first-order valence-electron chi connectivity index (χ1n) is 10.9. The molecule has 3 heterocycles. The number of anilines is 1. The highest BCUT2D eigenvalue weighted by Gasteiger charge is 2.16. The molecule has 170 valence electrons. The molecule has 0 aliphatic heterocycles. The summed E-state index contributed by atoms with van der Waals surface area (Å²) in [5.41, 5.74) is 3.81. The number of unbranched alkanes of at least 4 members (excludes halogenated alkanes) is 1. The minimum atomic E-state index is -0.188. The van der Waals surface area contributed by atoms with Gasteiger partial charge in [0.15, 0.2) is 0 Å². The Labute approximate surface area is 196 Å². The SMILES string of the molecule is CCNc1ncc2cc(-c3ccc(-c4cncc(C)n4)cc3Cl)c(=O)n(CCCCO)c2n1. The Balaban J connectivity index is 1.84. The van der Waals surface area contributed by atoms with Crippen molar-refractivity contribution in [2.24, 2.45) is 0 Å². The zero-order valence-electron chi connectivity index (χ0n) is 18.5. The maximum Gasteiger partial charge on any atom is 0.260 e. The quantitative estimate of drug-likeness (QED) is 0.378. The van der Waals surface area contributed by atoms with Crippen molar-refractivity contribution < 1.29 is 5.11 Å². The van der Waals surface area contributed by atoms with Crippen LogP contribution in [-0.2, 0) is 6.54 Å². The first-order valence-corrected chi connectivity index (χ1v) is 11.2. The van der Waals surface area contributed by atoms with Crippen LogP contribution in [0.15, 0.2) is 47.7 Å². The largest absolute Gasteiger partial charge is 0.396 e. The third-order valence-corrected chi connectivity index (χ3v) is 5.57. The summed E-state index contributed by atoms with van der Waals surface area (Å²) >= 11 is 6.65. The molecule has 0 unspecified atom stereocenters. The molecule has 8 nitrogen and oxygen atoms in total. The summed E-state index contributed by atoms with van der Waals surface area (Å²) in [7, 11) is 0. The van der Waals surface area contributed by atoms with Crippen LogP contribution in [0.5, 0.6) is 0 Å². The number of nitrogens with one attached hydrogen (secondary N) is 1. The standard InChI is InChI=1S/C24H25ClN6O2/c1-3-27-24-28-13-17-10-19(23(33)31(22(17)30-24)8-4-5-9-32)18-7-6-16(11-20(18)25)21-14-26-12-15(2)29-21/h6-7,10-14,32H,3-5,8-9H2,1-2H3,(H,27,28,30). The van der Waals surface area contributed by atoms with Crippen LogP contribution < -0.4 is 10.9 Å². The number of benzene rings is 1. The molecule has 0 amide bonds. The minimum absolute atomic E-state index is 0.0686. The van der Waals surface area contributed by atoms with Gasteiger partial charge in [-0.25, -0.2) is 9.97 Å². The highest BCUT2D eigenvalue weighted by molar-refractivity contribution is 6.33. The minimum Gasteiger partial charge on any atom is -0.396 e. The topological polar surface area (TPSA) is 106 Å². The fraction of sp³-hybridized carbons (Fsp3) is 0.292. The van der Waals surface area contributed by atoms with Gasteiger partial charge in [0.25, 0.3) is 5.56 Å². The number of aliphatic hydroxyl groups excluding tert-OH is 1. The van der Waals surface area contributed by atoms with Crippen molar-refractivity contribution in [2.45, 2.75) is 33.2 Å². The first-order chi connectivity index (χ1) is 16.0. The van der Waals surface area contributed by atoms with Crippen molar-refractivity contribution in [3.05, 3.63) is 63.9 Å². The lowest BCUT2D eigenvalue weighted by molar-refractivity contribution is 0.281. The molecule has 0 atom stereocenters. The average Bonchev–Trinajstić information content (AvgIpc) is 2.81. The third kappa shape index (κ3) is 4.86. The predicted octanol–water partition coefficient (Wildman–Crippen LogP) is 4.08. The van der Waals surface area contributed by atoms with Crippen LogP contribution in [0, 0.1) is 6.92 Å². The van der Waals surface area contributed by atoms with E-state index in [0.717, 1.165) is 16.6 Å². The Morgan fingerprint density at radius 1 is 1.09 bits per heavy atom. The maximum absolute atomic E-state index is 13.5. The highest BCUT2D eigenvalue weighted by Crippen LogP contribution is 2.31. The van der Waals surface area contributed by atoms with Gasteiger partial charge in [0.05, 0.1) is 17.6 Å². The number of aryl methyl sites for hydroxylation is 2. The van der Waals surface area contributed by atoms with Gasteiger partial charge in [-0.15, -0.1) is 0 Å². The van der Waals surface area contributed by atoms with Gasteiger partial charge in [0.2, 0.25) is 5.95 Å². The average molecular weight is 465 g/mol. The summed E-state index contributed by atoms with van der Waals surface area (Å²) in [6.07, 6.45) is 6.32. The second-order valence-corrected chi connectivity index (χ2v) is 8.10. The molecule has 0 spiro atoms. The van der Waals surface area contributed by atoms with Crippen molar-refractivity contribution in [3.63, 3.8) is 0 Å². The number of hydrogen-bond donors (Lipinski definition) is 2. The molecule has 0 saturated heterocycles. The Bertz CT molecular complexity index is 1350. The second-order valence-electron chi connectivity index (χ2n) is 7.69. The van der Waals surface area contributed by atoms with E-state index in [2.05, 4.69) is 25.3 Å². The number of aliphatic hydroxyl groups is 1. The zero-order valence-corrected chi connectivity index (χ0v) is 19.3. The van der Waals surface area contributed by atoms with Crippen LogP contribution in [0.25, 0.3) is 33.4 Å². The van der Waals surface area contributed by atoms with Crippen LogP contribution in [0.3, 0.4) is 0 Å². The lowest BCUT2D eigenvalue weighted by atomic mass is 10.0. The molecule has 0 bridgehead atoms. The van der Waals surface area contributed by atoms with E-state index >= 15 is 0 Å². The number of aromatic nitrogens is 5. The Morgan fingerprint density at radius 3 is 2.67 bits per heavy atom. The van der Waals surface area contributed by atoms with E-state index in [0.29, 0.717) is 59.4 Å². The van der Waals surface area contributed by atoms with Gasteiger partial charge in [-0.2, -0.15) is 4.98 Å². The number of pyridine rings is 1. The van der Waals surface area contributed by atoms with Crippen LogP contribution in [-0.4, -0.2) is 42.8 Å². The van der Waals surface area contributed by atoms with Crippen molar-refractivity contribution in [1.29, 1.82) is 0 Å². The van der Waals surface area contributed by atoms with Crippen molar-refractivity contribution >= 4 is 28.6 Å². The van der Waals surface area contributed by atoms with E-state index in [1.54, 1.807) is 35.3 Å². The molecule has 3 aromatic heterocycles. The summed E-state index contributed by atoms with van der Waals surface area (Å²) in [6.45, 7) is 5.01. The zero-order chi connectivity index (χ0) is 23.4. The Morgan fingerprint density at radius 2 is 1.94 bits per heavy atom. The monoisotopic (exact) mass is 464 g/mol. The van der Waals surface area contributed by atoms with E-state index in [1.807, 2.05) is 26.0 Å². The van der Waals surface area contributed by atoms with Gasteiger partial charge in [-0.1, -0.05) is 23.7 Å². The molecular formula is C24H25ClN6O2. The molecule has 0 fully saturated rings. The van der Waals surface area contributed by atoms with Gasteiger partial charge in [0, 0.05) is 59.2 Å². The number of halogens is 1. The molecule has 9 heteroatoms. The van der Waals surface area contributed by atoms with Crippen molar-refractivity contribution in [3.8, 4) is 22.4 Å². The molecule has 0 aliphatic carbocycles. The molecule has 33 heavy (non-hydrogen) atoms. The highest BCUT2D eigenvalue weighted by atomic mass is 35.5. The lowest BCUT2D eigenvalue weighted by Crippen LogP contribution is -2.24. The summed E-state index contributed by atoms with van der Waals surface area (Å²) < 4.78 is 1.64. The second kappa shape index (κ2) is 10.1. The summed E-state index contributed by atoms with van der Waals surface area (Å²) in [5.74, 6) is 0.467. The molecular weight excluding hydrogens is 440 g/mol. The van der Waals surface area contributed by atoms with Crippen molar-refractivity contribution in [1.82, 2.24) is 24.5 Å². The van der Waals surface area contributed by atoms with Gasteiger partial charge in [-0.05, 0) is 38.8 Å². The van der Waals surface area contributed by atoms with E-state index in [1.165, 1.54) is 0 Å². The smallest absolute Gasteiger partial charge is 0.260 e. The molecule has 0 radical (unpaired) electrons. The summed E-state index contributed by atoms with van der Waals surface area (Å²) in [6, 6.07) is 7.29. The number of rotatable bonds is 8. The summed E-state index contributed by atoms with van der Waals surface area (Å²) in [5, 5.41) is 13.5. The maximum atomic E-state index is 13.5. The number of fused-ring (bicyclic) bond motifs is 1. The number of nitrogens with zero attached hydrogens (tertiary/aromatic N) is 5. The van der Waals surface area contributed by atoms with E-state index < -0.39 is 0 Å². The molecule has 0 saturated carbocycles. The van der Waals surface area contributed by atoms with E-state index in [-0.39, 0.29) is 12.2 Å². The number of hydrogen-bond acceptors (Lipinski definition) is 7. The van der Waals surface area contributed by atoms with Gasteiger partial charge in [0.1, 0.15) is 5.65 Å². The van der Waals surface area contributed by atoms with Crippen LogP contribution in [0.1, 0.15) is 25.5 Å². The van der Waals surface area contributed by atoms with Crippen LogP contribution in [0.2, 0.25) is 5.02 Å². The van der Waals surface area contributed by atoms with Gasteiger partial charge >= 0.3 is 0 Å². The molecule has 4 rings (SSSR count). The van der Waals surface area contributed by atoms with Crippen LogP contribution in [0.4, 0.5) is 5.95 Å². The normalized spacial score (nSPS) is 11.2. The predicted molar refractivity (Wildman–Crippen MR) is 130 cm³/mol. The molecule has 1 aromatic carbocycles. The van der Waals surface area contributed by atoms with E-state index in [9.17, 15) is 9.90 Å². The molecule has 4 aromatic rings. The fourth-order valence-corrected chi connectivity index (χ4v) is 3.96. The van der Waals surface area contributed by atoms with Crippen LogP contribution >= 0.6 is 11.6 Å². The third-order valence-electron chi connectivity index (χ3n) is 5.26. The van der Waals surface area contributed by atoms with Crippen molar-refractivity contribution in [2.75, 3.05) is 18.5 Å². The summed E-state index contributed by atoms with van der Waals surface area (Å²) in [4.78, 5) is 31.1. The Hall–Kier alpha value is -3.36.